The fourth-order valence-corrected chi connectivity index (χ4v) is 2.47. The smallest absolute Gasteiger partial charge is 0.260 e. The molecular formula is C20H24ClNO3. The Morgan fingerprint density at radius 1 is 1.08 bits per heavy atom. The van der Waals surface area contributed by atoms with E-state index < -0.39 is 6.10 Å². The highest BCUT2D eigenvalue weighted by Crippen LogP contribution is 2.24. The van der Waals surface area contributed by atoms with E-state index in [9.17, 15) is 4.79 Å². The van der Waals surface area contributed by atoms with Crippen LogP contribution in [0.4, 0.5) is 0 Å². The maximum absolute atomic E-state index is 12.1. The van der Waals surface area contributed by atoms with Crippen LogP contribution in [0.25, 0.3) is 0 Å². The summed E-state index contributed by atoms with van der Waals surface area (Å²) in [5.74, 6) is 0.336. The van der Waals surface area contributed by atoms with Crippen molar-refractivity contribution in [1.29, 1.82) is 0 Å². The Kier molecular flexibility index (Phi) is 7.76. The number of amides is 1. The van der Waals surface area contributed by atoms with Crippen molar-refractivity contribution in [3.63, 3.8) is 0 Å². The Bertz CT molecular complexity index is 663. The van der Waals surface area contributed by atoms with Crippen molar-refractivity contribution in [2.45, 2.75) is 32.5 Å². The first-order valence-electron chi connectivity index (χ1n) is 8.43. The minimum absolute atomic E-state index is 0.0411. The first kappa shape index (κ1) is 19.3. The third kappa shape index (κ3) is 6.40. The molecule has 0 radical (unpaired) electrons. The van der Waals surface area contributed by atoms with Crippen LogP contribution in [0.3, 0.4) is 0 Å². The molecule has 0 saturated heterocycles. The second-order valence-electron chi connectivity index (χ2n) is 5.76. The zero-order chi connectivity index (χ0) is 18.1. The summed E-state index contributed by atoms with van der Waals surface area (Å²) < 4.78 is 11.4. The molecule has 0 fully saturated rings. The largest absolute Gasteiger partial charge is 0.479 e. The predicted octanol–water partition coefficient (Wildman–Crippen LogP) is 4.39. The van der Waals surface area contributed by atoms with Crippen LogP contribution in [0.2, 0.25) is 5.02 Å². The molecule has 0 aliphatic rings. The van der Waals surface area contributed by atoms with E-state index in [0.29, 0.717) is 23.9 Å². The van der Waals surface area contributed by atoms with Gasteiger partial charge in [-0.2, -0.15) is 0 Å². The molecule has 134 valence electrons. The molecule has 25 heavy (non-hydrogen) atoms. The second-order valence-corrected chi connectivity index (χ2v) is 6.17. The van der Waals surface area contributed by atoms with Gasteiger partial charge in [0.05, 0.1) is 11.1 Å². The Morgan fingerprint density at radius 2 is 1.76 bits per heavy atom. The van der Waals surface area contributed by atoms with Gasteiger partial charge in [-0.3, -0.25) is 4.79 Å². The molecule has 1 amide bonds. The Morgan fingerprint density at radius 3 is 2.48 bits per heavy atom. The number of rotatable bonds is 9. The number of benzene rings is 2. The number of nitrogens with one attached hydrogen (secondary N) is 1. The molecule has 0 aliphatic carbocycles. The van der Waals surface area contributed by atoms with E-state index in [2.05, 4.69) is 5.32 Å². The van der Waals surface area contributed by atoms with Crippen molar-refractivity contribution in [3.05, 3.63) is 65.2 Å². The first-order chi connectivity index (χ1) is 12.1. The fourth-order valence-electron chi connectivity index (χ4n) is 2.29. The van der Waals surface area contributed by atoms with Crippen molar-refractivity contribution in [2.75, 3.05) is 13.2 Å². The molecule has 0 saturated carbocycles. The second kappa shape index (κ2) is 10.1. The van der Waals surface area contributed by atoms with Gasteiger partial charge < -0.3 is 14.8 Å². The van der Waals surface area contributed by atoms with Gasteiger partial charge in [0.25, 0.3) is 5.91 Å². The quantitative estimate of drug-likeness (QED) is 0.674. The van der Waals surface area contributed by atoms with Gasteiger partial charge in [-0.1, -0.05) is 54.1 Å². The van der Waals surface area contributed by atoms with Crippen LogP contribution in [0.15, 0.2) is 54.6 Å². The Balaban J connectivity index is 1.64. The summed E-state index contributed by atoms with van der Waals surface area (Å²) in [5.41, 5.74) is 1.15. The fraction of sp³-hybridized carbons (Fsp3) is 0.350. The molecule has 0 spiro atoms. The van der Waals surface area contributed by atoms with Crippen LogP contribution in [-0.4, -0.2) is 25.2 Å². The molecule has 2 rings (SSSR count). The maximum atomic E-state index is 12.1. The van der Waals surface area contributed by atoms with Crippen LogP contribution in [0.5, 0.6) is 5.75 Å². The molecule has 0 heterocycles. The lowest BCUT2D eigenvalue weighted by Gasteiger charge is -2.16. The number of hydrogen-bond acceptors (Lipinski definition) is 3. The van der Waals surface area contributed by atoms with E-state index in [0.717, 1.165) is 12.0 Å². The van der Waals surface area contributed by atoms with Crippen LogP contribution in [0.1, 0.15) is 31.9 Å². The minimum atomic E-state index is -0.607. The van der Waals surface area contributed by atoms with E-state index in [4.69, 9.17) is 21.1 Å². The SMILES string of the molecule is CC(Oc1ccccc1Cl)C(=O)NCCCOC(C)c1ccccc1. The lowest BCUT2D eigenvalue weighted by atomic mass is 10.1. The monoisotopic (exact) mass is 361 g/mol. The molecule has 2 atom stereocenters. The number of ether oxygens (including phenoxy) is 2. The van der Waals surface area contributed by atoms with E-state index in [-0.39, 0.29) is 12.0 Å². The number of carbonyl (C=O) groups is 1. The van der Waals surface area contributed by atoms with Gasteiger partial charge in [0.1, 0.15) is 5.75 Å². The zero-order valence-corrected chi connectivity index (χ0v) is 15.3. The molecule has 2 aromatic rings. The van der Waals surface area contributed by atoms with Crippen molar-refractivity contribution in [2.24, 2.45) is 0 Å². The number of halogens is 1. The molecular weight excluding hydrogens is 338 g/mol. The molecule has 4 nitrogen and oxygen atoms in total. The van der Waals surface area contributed by atoms with Gasteiger partial charge in [-0.25, -0.2) is 0 Å². The van der Waals surface area contributed by atoms with Crippen molar-refractivity contribution in [3.8, 4) is 5.75 Å². The molecule has 0 aliphatic heterocycles. The van der Waals surface area contributed by atoms with Gasteiger partial charge in [0, 0.05) is 13.2 Å². The lowest BCUT2D eigenvalue weighted by Crippen LogP contribution is -2.37. The summed E-state index contributed by atoms with van der Waals surface area (Å²) in [6.45, 7) is 4.84. The molecule has 5 heteroatoms. The minimum Gasteiger partial charge on any atom is -0.479 e. The van der Waals surface area contributed by atoms with E-state index in [1.165, 1.54) is 0 Å². The number of para-hydroxylation sites is 1. The summed E-state index contributed by atoms with van der Waals surface area (Å²) in [7, 11) is 0. The van der Waals surface area contributed by atoms with Crippen LogP contribution < -0.4 is 10.1 Å². The molecule has 0 aromatic heterocycles. The molecule has 2 unspecified atom stereocenters. The van der Waals surface area contributed by atoms with Gasteiger partial charge in [0.15, 0.2) is 6.10 Å². The highest BCUT2D eigenvalue weighted by molar-refractivity contribution is 6.32. The number of carbonyl (C=O) groups excluding carboxylic acids is 1. The average Bonchev–Trinajstić information content (AvgIpc) is 2.63. The predicted molar refractivity (Wildman–Crippen MR) is 100.0 cm³/mol. The highest BCUT2D eigenvalue weighted by atomic mass is 35.5. The van der Waals surface area contributed by atoms with Crippen LogP contribution in [-0.2, 0) is 9.53 Å². The Labute approximate surface area is 154 Å². The molecule has 0 bridgehead atoms. The van der Waals surface area contributed by atoms with Crippen molar-refractivity contribution in [1.82, 2.24) is 5.32 Å². The maximum Gasteiger partial charge on any atom is 0.260 e. The lowest BCUT2D eigenvalue weighted by molar-refractivity contribution is -0.127. The van der Waals surface area contributed by atoms with E-state index in [1.54, 1.807) is 19.1 Å². The van der Waals surface area contributed by atoms with Crippen LogP contribution >= 0.6 is 11.6 Å². The summed E-state index contributed by atoms with van der Waals surface area (Å²) in [6.07, 6.45) is 0.172. The van der Waals surface area contributed by atoms with Crippen LogP contribution in [0, 0.1) is 0 Å². The first-order valence-corrected chi connectivity index (χ1v) is 8.81. The summed E-state index contributed by atoms with van der Waals surface area (Å²) in [4.78, 5) is 12.1. The van der Waals surface area contributed by atoms with E-state index >= 15 is 0 Å². The van der Waals surface area contributed by atoms with Crippen molar-refractivity contribution >= 4 is 17.5 Å². The van der Waals surface area contributed by atoms with E-state index in [1.807, 2.05) is 49.4 Å². The normalized spacial score (nSPS) is 13.1. The third-order valence-electron chi connectivity index (χ3n) is 3.77. The Hall–Kier alpha value is -2.04. The van der Waals surface area contributed by atoms with Crippen molar-refractivity contribution < 1.29 is 14.3 Å². The third-order valence-corrected chi connectivity index (χ3v) is 4.08. The van der Waals surface area contributed by atoms with Gasteiger partial charge in [-0.05, 0) is 38.0 Å². The molecule has 2 aromatic carbocycles. The zero-order valence-electron chi connectivity index (χ0n) is 14.6. The standard InChI is InChI=1S/C20H24ClNO3/c1-15(17-9-4-3-5-10-17)24-14-8-13-22-20(23)16(2)25-19-12-7-6-11-18(19)21/h3-7,9-12,15-16H,8,13-14H2,1-2H3,(H,22,23). The number of hydrogen-bond donors (Lipinski definition) is 1. The average molecular weight is 362 g/mol. The van der Waals surface area contributed by atoms with Gasteiger partial charge in [-0.15, -0.1) is 0 Å². The van der Waals surface area contributed by atoms with Gasteiger partial charge in [0.2, 0.25) is 0 Å². The summed E-state index contributed by atoms with van der Waals surface area (Å²) in [5, 5.41) is 3.34. The highest BCUT2D eigenvalue weighted by Gasteiger charge is 2.15. The van der Waals surface area contributed by atoms with Gasteiger partial charge >= 0.3 is 0 Å². The molecule has 1 N–H and O–H groups in total. The summed E-state index contributed by atoms with van der Waals surface area (Å²) >= 11 is 6.03. The summed E-state index contributed by atoms with van der Waals surface area (Å²) in [6, 6.07) is 17.2. The topological polar surface area (TPSA) is 47.6 Å².